The molecule has 0 aliphatic carbocycles. The zero-order valence-electron chi connectivity index (χ0n) is 15.8. The molecule has 0 spiro atoms. The number of benzene rings is 1. The smallest absolute Gasteiger partial charge is 0.259 e. The van der Waals surface area contributed by atoms with E-state index in [2.05, 4.69) is 15.3 Å². The summed E-state index contributed by atoms with van der Waals surface area (Å²) in [5.74, 6) is 0.419. The average molecular weight is 421 g/mol. The standard InChI is InChI=1S/C19H21ClN4O3S/c1-12(8-9-28(3,26)27)22-19-21-11-13-10-15(14-6-4-5-7-16(14)20)18(25)24(2)17(13)23-19/h4-7,10-12H,8-9H2,1-3H3,(H,21,22,23). The van der Waals surface area contributed by atoms with E-state index in [0.29, 0.717) is 39.6 Å². The summed E-state index contributed by atoms with van der Waals surface area (Å²) in [4.78, 5) is 21.6. The molecule has 0 bridgehead atoms. The highest BCUT2D eigenvalue weighted by atomic mass is 35.5. The molecule has 1 unspecified atom stereocenters. The molecular weight excluding hydrogens is 400 g/mol. The molecule has 2 heterocycles. The number of hydrogen-bond acceptors (Lipinski definition) is 6. The fourth-order valence-electron chi connectivity index (χ4n) is 2.87. The van der Waals surface area contributed by atoms with Crippen LogP contribution in [0.3, 0.4) is 0 Å². The SMILES string of the molecule is CC(CCS(C)(=O)=O)Nc1ncc2cc(-c3ccccc3Cl)c(=O)n(C)c2n1. The third kappa shape index (κ3) is 4.51. The molecular formula is C19H21ClN4O3S. The van der Waals surface area contributed by atoms with Crippen LogP contribution < -0.4 is 10.9 Å². The lowest BCUT2D eigenvalue weighted by molar-refractivity contribution is 0.595. The highest BCUT2D eigenvalue weighted by Crippen LogP contribution is 2.27. The quantitative estimate of drug-likeness (QED) is 0.659. The summed E-state index contributed by atoms with van der Waals surface area (Å²) in [5.41, 5.74) is 1.40. The number of anilines is 1. The van der Waals surface area contributed by atoms with Crippen LogP contribution in [-0.2, 0) is 16.9 Å². The van der Waals surface area contributed by atoms with Gasteiger partial charge in [0.2, 0.25) is 5.95 Å². The lowest BCUT2D eigenvalue weighted by Crippen LogP contribution is -2.23. The van der Waals surface area contributed by atoms with Gasteiger partial charge in [-0.25, -0.2) is 13.4 Å². The van der Waals surface area contributed by atoms with Gasteiger partial charge in [-0.2, -0.15) is 4.98 Å². The Hall–Kier alpha value is -2.45. The molecule has 7 nitrogen and oxygen atoms in total. The Morgan fingerprint density at radius 1 is 1.25 bits per heavy atom. The fourth-order valence-corrected chi connectivity index (χ4v) is 3.89. The van der Waals surface area contributed by atoms with Gasteiger partial charge in [-0.1, -0.05) is 29.8 Å². The Labute approximate surface area is 168 Å². The van der Waals surface area contributed by atoms with E-state index in [1.807, 2.05) is 19.1 Å². The number of pyridine rings is 1. The second-order valence-corrected chi connectivity index (χ2v) is 9.51. The molecule has 1 N–H and O–H groups in total. The minimum atomic E-state index is -3.03. The van der Waals surface area contributed by atoms with Crippen molar-refractivity contribution in [1.82, 2.24) is 14.5 Å². The van der Waals surface area contributed by atoms with E-state index in [1.165, 1.54) is 10.8 Å². The van der Waals surface area contributed by atoms with Crippen LogP contribution in [0, 0.1) is 0 Å². The first kappa shape index (κ1) is 20.3. The van der Waals surface area contributed by atoms with Crippen LogP contribution in [0.25, 0.3) is 22.2 Å². The molecule has 3 aromatic rings. The number of nitrogens with one attached hydrogen (secondary N) is 1. The first-order valence-electron chi connectivity index (χ1n) is 8.71. The van der Waals surface area contributed by atoms with Gasteiger partial charge >= 0.3 is 0 Å². The molecule has 0 fully saturated rings. The first-order valence-corrected chi connectivity index (χ1v) is 11.2. The van der Waals surface area contributed by atoms with E-state index >= 15 is 0 Å². The van der Waals surface area contributed by atoms with E-state index < -0.39 is 9.84 Å². The molecule has 0 saturated carbocycles. The summed E-state index contributed by atoms with van der Waals surface area (Å²) >= 11 is 6.25. The van der Waals surface area contributed by atoms with Crippen molar-refractivity contribution in [2.75, 3.05) is 17.3 Å². The second-order valence-electron chi connectivity index (χ2n) is 6.84. The van der Waals surface area contributed by atoms with Gasteiger partial charge < -0.3 is 5.32 Å². The predicted molar refractivity (Wildman–Crippen MR) is 113 cm³/mol. The molecule has 3 rings (SSSR count). The number of halogens is 1. The molecule has 148 valence electrons. The van der Waals surface area contributed by atoms with Crippen molar-refractivity contribution in [3.05, 3.63) is 51.9 Å². The molecule has 0 amide bonds. The topological polar surface area (TPSA) is 94.0 Å². The molecule has 0 radical (unpaired) electrons. The maximum atomic E-state index is 12.8. The van der Waals surface area contributed by atoms with E-state index in [-0.39, 0.29) is 17.4 Å². The van der Waals surface area contributed by atoms with Crippen LogP contribution in [0.15, 0.2) is 41.3 Å². The third-order valence-electron chi connectivity index (χ3n) is 4.41. The van der Waals surface area contributed by atoms with Crippen molar-refractivity contribution >= 4 is 38.4 Å². The minimum Gasteiger partial charge on any atom is -0.352 e. The zero-order chi connectivity index (χ0) is 20.5. The largest absolute Gasteiger partial charge is 0.352 e. The Morgan fingerprint density at radius 3 is 2.64 bits per heavy atom. The molecule has 1 aromatic carbocycles. The monoisotopic (exact) mass is 420 g/mol. The highest BCUT2D eigenvalue weighted by molar-refractivity contribution is 7.90. The Morgan fingerprint density at radius 2 is 1.96 bits per heavy atom. The van der Waals surface area contributed by atoms with Gasteiger partial charge in [-0.3, -0.25) is 9.36 Å². The molecule has 0 saturated heterocycles. The Kier molecular flexibility index (Phi) is 5.71. The maximum absolute atomic E-state index is 12.8. The van der Waals surface area contributed by atoms with E-state index in [1.54, 1.807) is 31.4 Å². The normalized spacial score (nSPS) is 12.9. The van der Waals surface area contributed by atoms with E-state index in [9.17, 15) is 13.2 Å². The number of hydrogen-bond donors (Lipinski definition) is 1. The van der Waals surface area contributed by atoms with Crippen molar-refractivity contribution in [1.29, 1.82) is 0 Å². The van der Waals surface area contributed by atoms with Crippen molar-refractivity contribution in [3.63, 3.8) is 0 Å². The lowest BCUT2D eigenvalue weighted by atomic mass is 10.1. The van der Waals surface area contributed by atoms with Crippen molar-refractivity contribution in [2.45, 2.75) is 19.4 Å². The number of rotatable bonds is 6. The lowest BCUT2D eigenvalue weighted by Gasteiger charge is -2.14. The van der Waals surface area contributed by atoms with Gasteiger partial charge in [0, 0.05) is 47.1 Å². The van der Waals surface area contributed by atoms with Crippen LogP contribution >= 0.6 is 11.6 Å². The number of aromatic nitrogens is 3. The molecule has 28 heavy (non-hydrogen) atoms. The molecule has 9 heteroatoms. The number of nitrogens with zero attached hydrogens (tertiary/aromatic N) is 3. The number of fused-ring (bicyclic) bond motifs is 1. The molecule has 0 aliphatic rings. The Bertz CT molecular complexity index is 1190. The van der Waals surface area contributed by atoms with Crippen molar-refractivity contribution < 1.29 is 8.42 Å². The number of aryl methyl sites for hydroxylation is 1. The van der Waals surface area contributed by atoms with Crippen LogP contribution in [-0.4, -0.2) is 41.0 Å². The number of sulfone groups is 1. The van der Waals surface area contributed by atoms with Gasteiger partial charge in [-0.15, -0.1) is 0 Å². The maximum Gasteiger partial charge on any atom is 0.259 e. The van der Waals surface area contributed by atoms with Crippen LogP contribution in [0.4, 0.5) is 5.95 Å². The third-order valence-corrected chi connectivity index (χ3v) is 5.72. The van der Waals surface area contributed by atoms with E-state index in [4.69, 9.17) is 11.6 Å². The summed E-state index contributed by atoms with van der Waals surface area (Å²) in [5, 5.41) is 4.28. The zero-order valence-corrected chi connectivity index (χ0v) is 17.4. The van der Waals surface area contributed by atoms with Crippen molar-refractivity contribution in [2.24, 2.45) is 7.05 Å². The van der Waals surface area contributed by atoms with Crippen LogP contribution in [0.2, 0.25) is 5.02 Å². The minimum absolute atomic E-state index is 0.0778. The summed E-state index contributed by atoms with van der Waals surface area (Å²) in [6.45, 7) is 1.86. The van der Waals surface area contributed by atoms with Gasteiger partial charge in [0.1, 0.15) is 15.5 Å². The van der Waals surface area contributed by atoms with Gasteiger partial charge in [-0.05, 0) is 25.5 Å². The van der Waals surface area contributed by atoms with Crippen molar-refractivity contribution in [3.8, 4) is 11.1 Å². The predicted octanol–water partition coefficient (Wildman–Crippen LogP) is 2.88. The fraction of sp³-hybridized carbons (Fsp3) is 0.316. The summed E-state index contributed by atoms with van der Waals surface area (Å²) in [6, 6.07) is 8.77. The van der Waals surface area contributed by atoms with Gasteiger partial charge in [0.15, 0.2) is 0 Å². The van der Waals surface area contributed by atoms with Crippen LogP contribution in [0.1, 0.15) is 13.3 Å². The van der Waals surface area contributed by atoms with Gasteiger partial charge in [0.25, 0.3) is 5.56 Å². The second kappa shape index (κ2) is 7.89. The summed E-state index contributed by atoms with van der Waals surface area (Å²) < 4.78 is 24.1. The molecule has 1 atom stereocenters. The van der Waals surface area contributed by atoms with E-state index in [0.717, 1.165) is 0 Å². The average Bonchev–Trinajstić information content (AvgIpc) is 2.63. The molecule has 2 aromatic heterocycles. The highest BCUT2D eigenvalue weighted by Gasteiger charge is 2.14. The Balaban J connectivity index is 1.95. The summed E-state index contributed by atoms with van der Waals surface area (Å²) in [7, 11) is -1.38. The van der Waals surface area contributed by atoms with Gasteiger partial charge in [0.05, 0.1) is 5.75 Å². The summed E-state index contributed by atoms with van der Waals surface area (Å²) in [6.07, 6.45) is 3.27. The first-order chi connectivity index (χ1) is 13.2. The van der Waals surface area contributed by atoms with Crippen LogP contribution in [0.5, 0.6) is 0 Å². The molecule has 0 aliphatic heterocycles.